The second kappa shape index (κ2) is 7.19. The second-order valence-electron chi connectivity index (χ2n) is 3.63. The molecule has 1 N–H and O–H groups in total. The number of anilines is 1. The standard InChI is InChI=1S/C11H16ClN3O2/c1-3-4-8(6-17-2)15-11-9(5-16)10(12)13-7-14-11/h5,7-8H,3-4,6H2,1-2H3,(H,13,14,15). The number of carbonyl (C=O) groups excluding carboxylic acids is 1. The maximum atomic E-state index is 10.9. The van der Waals surface area contributed by atoms with Crippen molar-refractivity contribution in [2.24, 2.45) is 0 Å². The quantitative estimate of drug-likeness (QED) is 0.599. The van der Waals surface area contributed by atoms with E-state index in [4.69, 9.17) is 16.3 Å². The molecule has 17 heavy (non-hydrogen) atoms. The SMILES string of the molecule is CCCC(COC)Nc1ncnc(Cl)c1C=O. The minimum absolute atomic E-state index is 0.106. The third kappa shape index (κ3) is 3.94. The summed E-state index contributed by atoms with van der Waals surface area (Å²) in [7, 11) is 1.64. The molecular formula is C11H16ClN3O2. The molecule has 1 rings (SSSR count). The molecule has 0 bridgehead atoms. The zero-order valence-electron chi connectivity index (χ0n) is 9.94. The van der Waals surface area contributed by atoms with Crippen LogP contribution in [0.2, 0.25) is 5.15 Å². The molecule has 0 saturated heterocycles. The number of hydrogen-bond acceptors (Lipinski definition) is 5. The van der Waals surface area contributed by atoms with Gasteiger partial charge in [0.1, 0.15) is 17.3 Å². The molecule has 0 fully saturated rings. The summed E-state index contributed by atoms with van der Waals surface area (Å²) >= 11 is 5.81. The van der Waals surface area contributed by atoms with Gasteiger partial charge in [0.25, 0.3) is 0 Å². The van der Waals surface area contributed by atoms with Crippen LogP contribution in [0.5, 0.6) is 0 Å². The topological polar surface area (TPSA) is 64.1 Å². The summed E-state index contributed by atoms with van der Waals surface area (Å²) in [4.78, 5) is 18.7. The van der Waals surface area contributed by atoms with Crippen LogP contribution in [0.1, 0.15) is 30.1 Å². The van der Waals surface area contributed by atoms with E-state index in [-0.39, 0.29) is 16.8 Å². The number of carbonyl (C=O) groups is 1. The molecular weight excluding hydrogens is 242 g/mol. The highest BCUT2D eigenvalue weighted by molar-refractivity contribution is 6.32. The molecule has 94 valence electrons. The zero-order valence-corrected chi connectivity index (χ0v) is 10.7. The lowest BCUT2D eigenvalue weighted by molar-refractivity contribution is 0.112. The average molecular weight is 258 g/mol. The van der Waals surface area contributed by atoms with E-state index < -0.39 is 0 Å². The third-order valence-electron chi connectivity index (χ3n) is 2.30. The van der Waals surface area contributed by atoms with Crippen molar-refractivity contribution in [2.75, 3.05) is 19.0 Å². The number of hydrogen-bond donors (Lipinski definition) is 1. The lowest BCUT2D eigenvalue weighted by Crippen LogP contribution is -2.26. The summed E-state index contributed by atoms with van der Waals surface area (Å²) < 4.78 is 5.11. The number of methoxy groups -OCH3 is 1. The summed E-state index contributed by atoms with van der Waals surface area (Å²) in [5.41, 5.74) is 0.284. The first-order chi connectivity index (χ1) is 8.22. The highest BCUT2D eigenvalue weighted by Gasteiger charge is 2.13. The summed E-state index contributed by atoms with van der Waals surface area (Å²) in [5.74, 6) is 0.454. The molecule has 0 radical (unpaired) electrons. The van der Waals surface area contributed by atoms with Gasteiger partial charge in [-0.2, -0.15) is 0 Å². The molecule has 0 saturated carbocycles. The Labute approximate surface area is 106 Å². The molecule has 1 heterocycles. The highest BCUT2D eigenvalue weighted by atomic mass is 35.5. The van der Waals surface area contributed by atoms with Crippen molar-refractivity contribution in [3.05, 3.63) is 17.0 Å². The van der Waals surface area contributed by atoms with Crippen LogP contribution in [0.3, 0.4) is 0 Å². The number of halogens is 1. The molecule has 1 unspecified atom stereocenters. The fourth-order valence-corrected chi connectivity index (χ4v) is 1.71. The van der Waals surface area contributed by atoms with Gasteiger partial charge in [0.15, 0.2) is 6.29 Å². The summed E-state index contributed by atoms with van der Waals surface area (Å²) in [6, 6.07) is 0.106. The van der Waals surface area contributed by atoms with Crippen molar-refractivity contribution in [1.82, 2.24) is 9.97 Å². The van der Waals surface area contributed by atoms with E-state index in [1.807, 2.05) is 0 Å². The molecule has 0 spiro atoms. The summed E-state index contributed by atoms with van der Waals surface area (Å²) in [5, 5.41) is 3.31. The molecule has 1 aromatic heterocycles. The van der Waals surface area contributed by atoms with Gasteiger partial charge in [-0.3, -0.25) is 4.79 Å². The van der Waals surface area contributed by atoms with Crippen LogP contribution in [0.15, 0.2) is 6.33 Å². The minimum Gasteiger partial charge on any atom is -0.383 e. The molecule has 0 aliphatic carbocycles. The van der Waals surface area contributed by atoms with Gasteiger partial charge >= 0.3 is 0 Å². The van der Waals surface area contributed by atoms with Gasteiger partial charge in [-0.25, -0.2) is 9.97 Å². The van der Waals surface area contributed by atoms with Crippen LogP contribution in [-0.2, 0) is 4.74 Å². The minimum atomic E-state index is 0.106. The maximum Gasteiger partial charge on any atom is 0.156 e. The Morgan fingerprint density at radius 2 is 2.35 bits per heavy atom. The normalized spacial score (nSPS) is 12.2. The molecule has 6 heteroatoms. The molecule has 1 atom stereocenters. The van der Waals surface area contributed by atoms with Crippen molar-refractivity contribution < 1.29 is 9.53 Å². The lowest BCUT2D eigenvalue weighted by atomic mass is 10.1. The Morgan fingerprint density at radius 3 is 2.94 bits per heavy atom. The highest BCUT2D eigenvalue weighted by Crippen LogP contribution is 2.18. The predicted molar refractivity (Wildman–Crippen MR) is 66.6 cm³/mol. The van der Waals surface area contributed by atoms with Gasteiger partial charge in [0.2, 0.25) is 0 Å². The smallest absolute Gasteiger partial charge is 0.156 e. The van der Waals surface area contributed by atoms with E-state index >= 15 is 0 Å². The van der Waals surface area contributed by atoms with Crippen LogP contribution >= 0.6 is 11.6 Å². The van der Waals surface area contributed by atoms with Crippen molar-refractivity contribution >= 4 is 23.7 Å². The van der Waals surface area contributed by atoms with Crippen molar-refractivity contribution in [2.45, 2.75) is 25.8 Å². The fraction of sp³-hybridized carbons (Fsp3) is 0.545. The van der Waals surface area contributed by atoms with Crippen molar-refractivity contribution in [3.8, 4) is 0 Å². The van der Waals surface area contributed by atoms with Gasteiger partial charge in [0, 0.05) is 7.11 Å². The van der Waals surface area contributed by atoms with E-state index in [0.29, 0.717) is 18.7 Å². The average Bonchev–Trinajstić information content (AvgIpc) is 2.30. The molecule has 0 aliphatic heterocycles. The predicted octanol–water partition coefficient (Wildman–Crippen LogP) is 2.17. The van der Waals surface area contributed by atoms with Crippen LogP contribution in [0.25, 0.3) is 0 Å². The Morgan fingerprint density at radius 1 is 1.59 bits per heavy atom. The Kier molecular flexibility index (Phi) is 5.86. The van der Waals surface area contributed by atoms with Crippen molar-refractivity contribution in [1.29, 1.82) is 0 Å². The Balaban J connectivity index is 2.84. The maximum absolute atomic E-state index is 10.9. The number of aromatic nitrogens is 2. The van der Waals surface area contributed by atoms with Crippen LogP contribution in [0.4, 0.5) is 5.82 Å². The first kappa shape index (κ1) is 13.9. The largest absolute Gasteiger partial charge is 0.383 e. The van der Waals surface area contributed by atoms with E-state index in [9.17, 15) is 4.79 Å². The first-order valence-corrected chi connectivity index (χ1v) is 5.81. The summed E-state index contributed by atoms with van der Waals surface area (Å²) in [6.45, 7) is 2.63. The molecule has 0 aromatic carbocycles. The molecule has 5 nitrogen and oxygen atoms in total. The van der Waals surface area contributed by atoms with E-state index in [2.05, 4.69) is 22.2 Å². The number of aldehydes is 1. The molecule has 1 aromatic rings. The number of nitrogens with one attached hydrogen (secondary N) is 1. The van der Waals surface area contributed by atoms with Gasteiger partial charge in [-0.15, -0.1) is 0 Å². The van der Waals surface area contributed by atoms with E-state index in [0.717, 1.165) is 12.8 Å². The van der Waals surface area contributed by atoms with Gasteiger partial charge in [-0.1, -0.05) is 24.9 Å². The van der Waals surface area contributed by atoms with Gasteiger partial charge < -0.3 is 10.1 Å². The zero-order chi connectivity index (χ0) is 12.7. The number of ether oxygens (including phenoxy) is 1. The second-order valence-corrected chi connectivity index (χ2v) is 3.99. The number of rotatable bonds is 7. The van der Waals surface area contributed by atoms with Crippen LogP contribution in [-0.4, -0.2) is 36.0 Å². The summed E-state index contributed by atoms with van der Waals surface area (Å²) in [6.07, 6.45) is 3.91. The Hall–Kier alpha value is -1.20. The Bertz CT molecular complexity index is 368. The number of nitrogens with zero attached hydrogens (tertiary/aromatic N) is 2. The van der Waals surface area contributed by atoms with Crippen LogP contribution < -0.4 is 5.32 Å². The van der Waals surface area contributed by atoms with Gasteiger partial charge in [-0.05, 0) is 6.42 Å². The molecule has 0 amide bonds. The van der Waals surface area contributed by atoms with E-state index in [1.54, 1.807) is 7.11 Å². The third-order valence-corrected chi connectivity index (χ3v) is 2.60. The van der Waals surface area contributed by atoms with Crippen LogP contribution in [0, 0.1) is 0 Å². The fourth-order valence-electron chi connectivity index (χ4n) is 1.53. The van der Waals surface area contributed by atoms with E-state index in [1.165, 1.54) is 6.33 Å². The monoisotopic (exact) mass is 257 g/mol. The van der Waals surface area contributed by atoms with Crippen molar-refractivity contribution in [3.63, 3.8) is 0 Å². The van der Waals surface area contributed by atoms with Gasteiger partial charge in [0.05, 0.1) is 18.2 Å². The first-order valence-electron chi connectivity index (χ1n) is 5.44. The lowest BCUT2D eigenvalue weighted by Gasteiger charge is -2.18. The molecule has 0 aliphatic rings.